The predicted molar refractivity (Wildman–Crippen MR) is 89.0 cm³/mol. The molecule has 1 heterocycles. The Bertz CT molecular complexity index is 704. The molecule has 120 valence electrons. The minimum absolute atomic E-state index is 0.540. The van der Waals surface area contributed by atoms with Crippen LogP contribution in [0.3, 0.4) is 0 Å². The van der Waals surface area contributed by atoms with E-state index in [1.165, 1.54) is 0 Å². The molecule has 0 radical (unpaired) electrons. The Kier molecular flexibility index (Phi) is 4.53. The normalized spacial score (nSPS) is 18.7. The number of benzene rings is 2. The highest BCUT2D eigenvalue weighted by Gasteiger charge is 2.22. The van der Waals surface area contributed by atoms with Gasteiger partial charge in [0.15, 0.2) is 0 Å². The second-order valence-electron chi connectivity index (χ2n) is 5.40. The van der Waals surface area contributed by atoms with Crippen molar-refractivity contribution in [1.82, 2.24) is 0 Å². The van der Waals surface area contributed by atoms with Gasteiger partial charge in [-0.15, -0.1) is 0 Å². The molecule has 2 aromatic carbocycles. The topological polar surface area (TPSA) is 47.9 Å². The fraction of sp³-hybridized carbons (Fsp3) is 0.263. The van der Waals surface area contributed by atoms with E-state index in [0.717, 1.165) is 22.4 Å². The Balaban J connectivity index is 1.94. The summed E-state index contributed by atoms with van der Waals surface area (Å²) in [4.78, 5) is 0. The number of aliphatic hydroxyl groups excluding tert-OH is 1. The summed E-state index contributed by atoms with van der Waals surface area (Å²) in [5.74, 6) is 2.22. The van der Waals surface area contributed by atoms with Gasteiger partial charge >= 0.3 is 0 Å². The molecule has 1 unspecified atom stereocenters. The van der Waals surface area contributed by atoms with E-state index in [-0.39, 0.29) is 0 Å². The van der Waals surface area contributed by atoms with Crippen molar-refractivity contribution in [3.05, 3.63) is 59.2 Å². The highest BCUT2D eigenvalue weighted by Crippen LogP contribution is 2.37. The van der Waals surface area contributed by atoms with Crippen LogP contribution in [0, 0.1) is 0 Å². The average molecular weight is 312 g/mol. The number of fused-ring (bicyclic) bond motifs is 1. The molecule has 1 aliphatic rings. The number of aliphatic hydroxyl groups is 1. The maximum Gasteiger partial charge on any atom is 0.125 e. The van der Waals surface area contributed by atoms with Gasteiger partial charge in [-0.3, -0.25) is 0 Å². The Hall–Kier alpha value is -2.46. The minimum Gasteiger partial charge on any atom is -0.497 e. The second kappa shape index (κ2) is 6.75. The maximum absolute atomic E-state index is 10.8. The molecular formula is C19H20O4. The molecule has 3 rings (SSSR count). The largest absolute Gasteiger partial charge is 0.497 e. The van der Waals surface area contributed by atoms with Crippen LogP contribution in [0.4, 0.5) is 0 Å². The Labute approximate surface area is 135 Å². The lowest BCUT2D eigenvalue weighted by Gasteiger charge is -2.14. The summed E-state index contributed by atoms with van der Waals surface area (Å²) in [6.45, 7) is 0.540. The Morgan fingerprint density at radius 3 is 2.43 bits per heavy atom. The Morgan fingerprint density at radius 1 is 1.04 bits per heavy atom. The van der Waals surface area contributed by atoms with Crippen LogP contribution in [0.2, 0.25) is 0 Å². The molecule has 1 N–H and O–H groups in total. The second-order valence-corrected chi connectivity index (χ2v) is 5.40. The van der Waals surface area contributed by atoms with E-state index in [9.17, 15) is 5.11 Å². The molecule has 1 atom stereocenters. The van der Waals surface area contributed by atoms with E-state index in [4.69, 9.17) is 14.2 Å². The van der Waals surface area contributed by atoms with Crippen molar-refractivity contribution >= 4 is 6.08 Å². The molecule has 0 spiro atoms. The molecule has 1 aliphatic heterocycles. The lowest BCUT2D eigenvalue weighted by Crippen LogP contribution is -2.01. The standard InChI is InChI=1S/C19H20O4/c1-21-15-5-3-13(4-6-15)11-14-9-10-23-18-8-7-16(22-2)12-17(18)19(14)20/h3-8,11-12,19-20H,9-10H2,1-2H3/b14-11+. The molecule has 4 nitrogen and oxygen atoms in total. The van der Waals surface area contributed by atoms with Gasteiger partial charge in [0, 0.05) is 12.0 Å². The summed E-state index contributed by atoms with van der Waals surface area (Å²) >= 11 is 0. The third kappa shape index (κ3) is 3.32. The summed E-state index contributed by atoms with van der Waals surface area (Å²) in [5, 5.41) is 10.8. The third-order valence-electron chi connectivity index (χ3n) is 3.98. The number of hydrogen-bond donors (Lipinski definition) is 1. The zero-order valence-corrected chi connectivity index (χ0v) is 13.3. The number of rotatable bonds is 3. The van der Waals surface area contributed by atoms with E-state index >= 15 is 0 Å². The molecule has 0 amide bonds. The van der Waals surface area contributed by atoms with E-state index in [1.54, 1.807) is 14.2 Å². The Morgan fingerprint density at radius 2 is 1.74 bits per heavy atom. The summed E-state index contributed by atoms with van der Waals surface area (Å²) in [6, 6.07) is 13.3. The van der Waals surface area contributed by atoms with Gasteiger partial charge in [0.05, 0.1) is 20.8 Å². The third-order valence-corrected chi connectivity index (χ3v) is 3.98. The van der Waals surface area contributed by atoms with Crippen molar-refractivity contribution in [2.45, 2.75) is 12.5 Å². The van der Waals surface area contributed by atoms with Gasteiger partial charge in [0.2, 0.25) is 0 Å². The van der Waals surface area contributed by atoms with E-state index < -0.39 is 6.10 Å². The number of methoxy groups -OCH3 is 2. The highest BCUT2D eigenvalue weighted by atomic mass is 16.5. The fourth-order valence-electron chi connectivity index (χ4n) is 2.68. The van der Waals surface area contributed by atoms with Crippen molar-refractivity contribution in [2.75, 3.05) is 20.8 Å². The van der Waals surface area contributed by atoms with Gasteiger partial charge < -0.3 is 19.3 Å². The molecular weight excluding hydrogens is 292 g/mol. The first-order valence-electron chi connectivity index (χ1n) is 7.54. The minimum atomic E-state index is -0.704. The molecule has 0 aliphatic carbocycles. The SMILES string of the molecule is COc1ccc(/C=C2\CCOc3ccc(OC)cc3C2O)cc1. The lowest BCUT2D eigenvalue weighted by atomic mass is 9.97. The number of ether oxygens (including phenoxy) is 3. The highest BCUT2D eigenvalue weighted by molar-refractivity contribution is 5.57. The first-order valence-corrected chi connectivity index (χ1v) is 7.54. The van der Waals surface area contributed by atoms with Gasteiger partial charge in [-0.1, -0.05) is 18.2 Å². The summed E-state index contributed by atoms with van der Waals surface area (Å²) in [7, 11) is 3.25. The zero-order chi connectivity index (χ0) is 16.2. The fourth-order valence-corrected chi connectivity index (χ4v) is 2.68. The van der Waals surface area contributed by atoms with Gasteiger partial charge in [-0.05, 0) is 41.5 Å². The predicted octanol–water partition coefficient (Wildman–Crippen LogP) is 3.60. The van der Waals surface area contributed by atoms with Crippen LogP contribution in [-0.2, 0) is 0 Å². The zero-order valence-electron chi connectivity index (χ0n) is 13.3. The van der Waals surface area contributed by atoms with Crippen molar-refractivity contribution in [2.24, 2.45) is 0 Å². The van der Waals surface area contributed by atoms with Crippen molar-refractivity contribution in [1.29, 1.82) is 0 Å². The van der Waals surface area contributed by atoms with Gasteiger partial charge in [-0.2, -0.15) is 0 Å². The molecule has 0 saturated heterocycles. The van der Waals surface area contributed by atoms with Gasteiger partial charge in [-0.25, -0.2) is 0 Å². The molecule has 2 aromatic rings. The molecule has 23 heavy (non-hydrogen) atoms. The van der Waals surface area contributed by atoms with Crippen LogP contribution < -0.4 is 14.2 Å². The molecule has 0 saturated carbocycles. The molecule has 0 bridgehead atoms. The van der Waals surface area contributed by atoms with Crippen LogP contribution >= 0.6 is 0 Å². The molecule has 0 aromatic heterocycles. The van der Waals surface area contributed by atoms with Crippen LogP contribution in [0.5, 0.6) is 17.2 Å². The van der Waals surface area contributed by atoms with Crippen LogP contribution in [0.15, 0.2) is 48.0 Å². The quantitative estimate of drug-likeness (QED) is 0.940. The van der Waals surface area contributed by atoms with Crippen molar-refractivity contribution in [3.8, 4) is 17.2 Å². The smallest absolute Gasteiger partial charge is 0.125 e. The van der Waals surface area contributed by atoms with Crippen LogP contribution in [-0.4, -0.2) is 25.9 Å². The van der Waals surface area contributed by atoms with E-state index in [0.29, 0.717) is 24.5 Å². The summed E-state index contributed by atoms with van der Waals surface area (Å²) < 4.78 is 16.2. The van der Waals surface area contributed by atoms with Crippen LogP contribution in [0.25, 0.3) is 6.08 Å². The molecule has 0 fully saturated rings. The van der Waals surface area contributed by atoms with E-state index in [1.807, 2.05) is 48.5 Å². The van der Waals surface area contributed by atoms with Crippen molar-refractivity contribution in [3.63, 3.8) is 0 Å². The van der Waals surface area contributed by atoms with Gasteiger partial charge in [0.25, 0.3) is 0 Å². The summed E-state index contributed by atoms with van der Waals surface area (Å²) in [6.07, 6.45) is 1.97. The first-order chi connectivity index (χ1) is 11.2. The van der Waals surface area contributed by atoms with Gasteiger partial charge in [0.1, 0.15) is 23.4 Å². The number of hydrogen-bond acceptors (Lipinski definition) is 4. The average Bonchev–Trinajstić information content (AvgIpc) is 2.75. The monoisotopic (exact) mass is 312 g/mol. The first kappa shape index (κ1) is 15.4. The molecule has 4 heteroatoms. The van der Waals surface area contributed by atoms with Crippen molar-refractivity contribution < 1.29 is 19.3 Å². The van der Waals surface area contributed by atoms with Crippen LogP contribution in [0.1, 0.15) is 23.7 Å². The van der Waals surface area contributed by atoms with E-state index in [2.05, 4.69) is 0 Å². The maximum atomic E-state index is 10.8. The lowest BCUT2D eigenvalue weighted by molar-refractivity contribution is 0.214. The summed E-state index contributed by atoms with van der Waals surface area (Å²) in [5.41, 5.74) is 2.68.